The molecule has 1 aromatic carbocycles. The van der Waals surface area contributed by atoms with Crippen LogP contribution in [-0.4, -0.2) is 61.3 Å². The van der Waals surface area contributed by atoms with E-state index >= 15 is 0 Å². The number of hydrogen-bond donors (Lipinski definition) is 1. The number of piperidine rings is 1. The first-order valence-electron chi connectivity index (χ1n) is 9.14. The van der Waals surface area contributed by atoms with Crippen molar-refractivity contribution in [3.05, 3.63) is 35.6 Å². The van der Waals surface area contributed by atoms with Gasteiger partial charge in [-0.2, -0.15) is 0 Å². The van der Waals surface area contributed by atoms with Crippen molar-refractivity contribution in [3.8, 4) is 0 Å². The van der Waals surface area contributed by atoms with E-state index in [-0.39, 0.29) is 17.8 Å². The molecule has 1 N–H and O–H groups in total. The second kappa shape index (κ2) is 8.93. The van der Waals surface area contributed by atoms with E-state index in [1.807, 2.05) is 12.1 Å². The monoisotopic (exact) mass is 336 g/mol. The van der Waals surface area contributed by atoms with E-state index in [4.69, 9.17) is 0 Å². The average Bonchev–Trinajstić information content (AvgIpc) is 2.54. The Bertz CT molecular complexity index is 489. The second-order valence-electron chi connectivity index (χ2n) is 8.20. The summed E-state index contributed by atoms with van der Waals surface area (Å²) >= 11 is 0. The minimum absolute atomic E-state index is 0.0360. The van der Waals surface area contributed by atoms with Crippen molar-refractivity contribution in [2.75, 3.05) is 46.4 Å². The molecule has 0 amide bonds. The van der Waals surface area contributed by atoms with Crippen LogP contribution in [0.3, 0.4) is 0 Å². The van der Waals surface area contributed by atoms with Gasteiger partial charge in [0.05, 0.1) is 0 Å². The fourth-order valence-corrected chi connectivity index (χ4v) is 3.73. The Labute approximate surface area is 146 Å². The number of aliphatic hydroxyl groups excluding tert-OH is 1. The van der Waals surface area contributed by atoms with Crippen LogP contribution in [0.5, 0.6) is 0 Å². The molecule has 0 aromatic heterocycles. The molecule has 1 heterocycles. The maximum atomic E-state index is 13.0. The fourth-order valence-electron chi connectivity index (χ4n) is 3.73. The molecule has 1 aromatic rings. The molecule has 3 nitrogen and oxygen atoms in total. The highest BCUT2D eigenvalue weighted by Crippen LogP contribution is 2.20. The van der Waals surface area contributed by atoms with Crippen LogP contribution in [0.1, 0.15) is 32.3 Å². The van der Waals surface area contributed by atoms with Crippen LogP contribution in [-0.2, 0) is 6.42 Å². The molecule has 2 rings (SSSR count). The molecule has 1 fully saturated rings. The van der Waals surface area contributed by atoms with Crippen molar-refractivity contribution in [1.82, 2.24) is 9.80 Å². The van der Waals surface area contributed by atoms with Crippen LogP contribution in [0, 0.1) is 17.2 Å². The minimum atomic E-state index is -0.161. The van der Waals surface area contributed by atoms with Gasteiger partial charge < -0.3 is 14.9 Å². The Morgan fingerprint density at radius 2 is 2.00 bits per heavy atom. The maximum absolute atomic E-state index is 13.0. The van der Waals surface area contributed by atoms with Gasteiger partial charge in [0.25, 0.3) is 0 Å². The molecule has 0 saturated carbocycles. The molecule has 1 unspecified atom stereocenters. The van der Waals surface area contributed by atoms with Crippen molar-refractivity contribution in [1.29, 1.82) is 0 Å². The first kappa shape index (κ1) is 19.4. The van der Waals surface area contributed by atoms with Crippen LogP contribution < -0.4 is 0 Å². The topological polar surface area (TPSA) is 26.7 Å². The summed E-state index contributed by atoms with van der Waals surface area (Å²) in [6.45, 7) is 9.83. The quantitative estimate of drug-likeness (QED) is 0.790. The van der Waals surface area contributed by atoms with Crippen LogP contribution in [0.15, 0.2) is 24.3 Å². The molecule has 1 aliphatic heterocycles. The summed E-state index contributed by atoms with van der Waals surface area (Å²) in [6.07, 6.45) is 3.53. The zero-order valence-electron chi connectivity index (χ0n) is 15.5. The first-order valence-corrected chi connectivity index (χ1v) is 9.14. The molecule has 24 heavy (non-hydrogen) atoms. The Balaban J connectivity index is 1.75. The Kier molecular flexibility index (Phi) is 7.20. The lowest BCUT2D eigenvalue weighted by molar-refractivity contribution is 0.0907. The molecule has 0 aliphatic carbocycles. The van der Waals surface area contributed by atoms with E-state index in [2.05, 4.69) is 30.7 Å². The zero-order valence-corrected chi connectivity index (χ0v) is 15.5. The average molecular weight is 336 g/mol. The molecule has 136 valence electrons. The summed E-state index contributed by atoms with van der Waals surface area (Å²) in [7, 11) is 2.16. The van der Waals surface area contributed by atoms with Crippen LogP contribution in [0.25, 0.3) is 0 Å². The zero-order chi connectivity index (χ0) is 17.6. The Morgan fingerprint density at radius 1 is 1.29 bits per heavy atom. The SMILES string of the molecule is CN(CC1CCCN(CCc2ccc(F)cc2)C1)CC(C)(C)CO. The molecular weight excluding hydrogens is 303 g/mol. The molecule has 0 bridgehead atoms. The van der Waals surface area contributed by atoms with Crippen LogP contribution >= 0.6 is 0 Å². The van der Waals surface area contributed by atoms with Crippen molar-refractivity contribution >= 4 is 0 Å². The van der Waals surface area contributed by atoms with E-state index in [1.54, 1.807) is 12.1 Å². The third-order valence-corrected chi connectivity index (χ3v) is 4.93. The summed E-state index contributed by atoms with van der Waals surface area (Å²) in [5, 5.41) is 9.43. The van der Waals surface area contributed by atoms with Gasteiger partial charge in [0.2, 0.25) is 0 Å². The minimum Gasteiger partial charge on any atom is -0.396 e. The highest BCUT2D eigenvalue weighted by molar-refractivity contribution is 5.16. The van der Waals surface area contributed by atoms with Gasteiger partial charge in [0.15, 0.2) is 0 Å². The number of halogens is 1. The van der Waals surface area contributed by atoms with Crippen molar-refractivity contribution in [3.63, 3.8) is 0 Å². The predicted octanol–water partition coefficient (Wildman–Crippen LogP) is 3.03. The van der Waals surface area contributed by atoms with Crippen LogP contribution in [0.2, 0.25) is 0 Å². The largest absolute Gasteiger partial charge is 0.396 e. The first-order chi connectivity index (χ1) is 11.4. The smallest absolute Gasteiger partial charge is 0.123 e. The number of rotatable bonds is 8. The predicted molar refractivity (Wildman–Crippen MR) is 97.6 cm³/mol. The lowest BCUT2D eigenvalue weighted by Gasteiger charge is -2.36. The third-order valence-electron chi connectivity index (χ3n) is 4.93. The lowest BCUT2D eigenvalue weighted by Crippen LogP contribution is -2.43. The number of aliphatic hydroxyl groups is 1. The normalized spacial score (nSPS) is 19.8. The highest BCUT2D eigenvalue weighted by atomic mass is 19.1. The number of benzene rings is 1. The third kappa shape index (κ3) is 6.50. The van der Waals surface area contributed by atoms with E-state index in [9.17, 15) is 9.50 Å². The maximum Gasteiger partial charge on any atom is 0.123 e. The highest BCUT2D eigenvalue weighted by Gasteiger charge is 2.24. The van der Waals surface area contributed by atoms with Crippen molar-refractivity contribution in [2.45, 2.75) is 33.1 Å². The van der Waals surface area contributed by atoms with E-state index in [1.165, 1.54) is 24.9 Å². The van der Waals surface area contributed by atoms with Gasteiger partial charge in [0, 0.05) is 38.2 Å². The standard InChI is InChI=1S/C20H33FN2O/c1-20(2,16-24)15-22(3)13-18-5-4-11-23(14-18)12-10-17-6-8-19(21)9-7-17/h6-9,18,24H,4-5,10-16H2,1-3H3. The molecule has 1 aliphatic rings. The summed E-state index contributed by atoms with van der Waals surface area (Å²) in [5.41, 5.74) is 1.17. The van der Waals surface area contributed by atoms with Gasteiger partial charge >= 0.3 is 0 Å². The second-order valence-corrected chi connectivity index (χ2v) is 8.20. The number of nitrogens with zero attached hydrogens (tertiary/aromatic N) is 2. The molecular formula is C20H33FN2O. The summed E-state index contributed by atoms with van der Waals surface area (Å²) < 4.78 is 13.0. The summed E-state index contributed by atoms with van der Waals surface area (Å²) in [5.74, 6) is 0.539. The van der Waals surface area contributed by atoms with Gasteiger partial charge in [0.1, 0.15) is 5.82 Å². The van der Waals surface area contributed by atoms with Gasteiger partial charge in [-0.05, 0) is 56.5 Å². The van der Waals surface area contributed by atoms with Gasteiger partial charge in [-0.1, -0.05) is 26.0 Å². The lowest BCUT2D eigenvalue weighted by atomic mass is 9.92. The van der Waals surface area contributed by atoms with E-state index in [0.717, 1.165) is 32.6 Å². The Hall–Kier alpha value is -0.970. The molecule has 1 saturated heterocycles. The summed E-state index contributed by atoms with van der Waals surface area (Å²) in [4.78, 5) is 4.91. The molecule has 1 atom stereocenters. The van der Waals surface area contributed by atoms with Gasteiger partial charge in [-0.25, -0.2) is 4.39 Å². The molecule has 0 spiro atoms. The van der Waals surface area contributed by atoms with Crippen molar-refractivity contribution < 1.29 is 9.50 Å². The van der Waals surface area contributed by atoms with E-state index < -0.39 is 0 Å². The molecule has 0 radical (unpaired) electrons. The Morgan fingerprint density at radius 3 is 2.67 bits per heavy atom. The fraction of sp³-hybridized carbons (Fsp3) is 0.700. The van der Waals surface area contributed by atoms with Gasteiger partial charge in [-0.3, -0.25) is 0 Å². The molecule has 4 heteroatoms. The number of hydrogen-bond acceptors (Lipinski definition) is 3. The van der Waals surface area contributed by atoms with E-state index in [0.29, 0.717) is 5.92 Å². The number of likely N-dealkylation sites (tertiary alicyclic amines) is 1. The van der Waals surface area contributed by atoms with Gasteiger partial charge in [-0.15, -0.1) is 0 Å². The van der Waals surface area contributed by atoms with Crippen LogP contribution in [0.4, 0.5) is 4.39 Å². The summed E-state index contributed by atoms with van der Waals surface area (Å²) in [6, 6.07) is 6.88. The van der Waals surface area contributed by atoms with Crippen molar-refractivity contribution in [2.24, 2.45) is 11.3 Å².